The standard InChI is InChI=1S/C28H22O4/c29-27-21(9-11-23(27)17-25-3-1-13-31-25)15-19-5-7-20(8-6-19)16-22-10-12-24(28(22)30)18-26-4-2-14-32-26/h1-8,13-18H,9-12H2. The van der Waals surface area contributed by atoms with Crippen LogP contribution in [0.4, 0.5) is 0 Å². The molecule has 2 aliphatic rings. The van der Waals surface area contributed by atoms with E-state index in [1.54, 1.807) is 12.5 Å². The Morgan fingerprint density at radius 1 is 0.531 bits per heavy atom. The number of carbonyl (C=O) groups is 2. The summed E-state index contributed by atoms with van der Waals surface area (Å²) >= 11 is 0. The largest absolute Gasteiger partial charge is 0.465 e. The normalized spacial score (nSPS) is 21.6. The van der Waals surface area contributed by atoms with Gasteiger partial charge in [-0.1, -0.05) is 24.3 Å². The third kappa shape index (κ3) is 4.26. The van der Waals surface area contributed by atoms with Gasteiger partial charge in [-0.25, -0.2) is 0 Å². The Morgan fingerprint density at radius 3 is 1.25 bits per heavy atom. The third-order valence-corrected chi connectivity index (χ3v) is 5.83. The Kier molecular flexibility index (Phi) is 5.42. The first-order chi connectivity index (χ1) is 15.7. The highest BCUT2D eigenvalue weighted by molar-refractivity contribution is 6.16. The van der Waals surface area contributed by atoms with Crippen LogP contribution < -0.4 is 0 Å². The molecule has 0 aliphatic heterocycles. The summed E-state index contributed by atoms with van der Waals surface area (Å²) in [5.74, 6) is 1.58. The summed E-state index contributed by atoms with van der Waals surface area (Å²) in [4.78, 5) is 25.4. The fraction of sp³-hybridized carbons (Fsp3) is 0.143. The summed E-state index contributed by atoms with van der Waals surface area (Å²) in [5.41, 5.74) is 5.15. The summed E-state index contributed by atoms with van der Waals surface area (Å²) in [6.07, 6.45) is 13.7. The molecule has 0 bridgehead atoms. The number of hydrogen-bond donors (Lipinski definition) is 0. The fourth-order valence-electron chi connectivity index (χ4n) is 4.14. The van der Waals surface area contributed by atoms with E-state index < -0.39 is 0 Å². The van der Waals surface area contributed by atoms with E-state index in [1.165, 1.54) is 0 Å². The first-order valence-corrected chi connectivity index (χ1v) is 10.7. The highest BCUT2D eigenvalue weighted by atomic mass is 16.3. The van der Waals surface area contributed by atoms with Gasteiger partial charge < -0.3 is 8.83 Å². The average Bonchev–Trinajstić information content (AvgIpc) is 3.60. The molecule has 2 fully saturated rings. The van der Waals surface area contributed by atoms with E-state index in [2.05, 4.69) is 0 Å². The van der Waals surface area contributed by atoms with Gasteiger partial charge in [0, 0.05) is 22.3 Å². The van der Waals surface area contributed by atoms with Crippen molar-refractivity contribution in [2.75, 3.05) is 0 Å². The molecular formula is C28H22O4. The minimum atomic E-state index is 0.0834. The Bertz CT molecular complexity index is 1160. The molecule has 0 atom stereocenters. The van der Waals surface area contributed by atoms with Crippen LogP contribution in [0, 0.1) is 0 Å². The number of allylic oxidation sites excluding steroid dienone is 4. The van der Waals surface area contributed by atoms with Crippen LogP contribution >= 0.6 is 0 Å². The smallest absolute Gasteiger partial charge is 0.185 e. The van der Waals surface area contributed by atoms with Crippen molar-refractivity contribution >= 4 is 35.9 Å². The molecule has 0 radical (unpaired) electrons. The maximum absolute atomic E-state index is 12.7. The predicted octanol–water partition coefficient (Wildman–Crippen LogP) is 6.53. The molecule has 0 amide bonds. The van der Waals surface area contributed by atoms with E-state index in [4.69, 9.17) is 8.83 Å². The molecule has 2 saturated carbocycles. The van der Waals surface area contributed by atoms with Crippen LogP contribution in [-0.2, 0) is 9.59 Å². The second-order valence-corrected chi connectivity index (χ2v) is 8.03. The van der Waals surface area contributed by atoms with Crippen molar-refractivity contribution in [1.82, 2.24) is 0 Å². The number of Topliss-reactive ketones (excluding diaryl/α,β-unsaturated/α-hetero) is 2. The van der Waals surface area contributed by atoms with Crippen molar-refractivity contribution < 1.29 is 18.4 Å². The summed E-state index contributed by atoms with van der Waals surface area (Å²) in [7, 11) is 0. The van der Waals surface area contributed by atoms with Gasteiger partial charge >= 0.3 is 0 Å². The molecule has 5 rings (SSSR count). The Hall–Kier alpha value is -3.92. The van der Waals surface area contributed by atoms with E-state index in [9.17, 15) is 9.59 Å². The van der Waals surface area contributed by atoms with Crippen LogP contribution in [0.5, 0.6) is 0 Å². The number of ketones is 2. The minimum Gasteiger partial charge on any atom is -0.465 e. The lowest BCUT2D eigenvalue weighted by Gasteiger charge is -2.00. The molecule has 158 valence electrons. The van der Waals surface area contributed by atoms with Gasteiger partial charge in [-0.3, -0.25) is 9.59 Å². The fourth-order valence-corrected chi connectivity index (χ4v) is 4.14. The second kappa shape index (κ2) is 8.67. The topological polar surface area (TPSA) is 60.4 Å². The molecule has 0 saturated heterocycles. The molecular weight excluding hydrogens is 400 g/mol. The third-order valence-electron chi connectivity index (χ3n) is 5.83. The SMILES string of the molecule is O=C1C(=Cc2ccc(C=C3CCC(=Cc4ccco4)C3=O)cc2)CCC1=Cc1ccco1. The van der Waals surface area contributed by atoms with Gasteiger partial charge in [0.05, 0.1) is 12.5 Å². The monoisotopic (exact) mass is 422 g/mol. The molecule has 2 aromatic heterocycles. The Labute approximate surface area is 186 Å². The van der Waals surface area contributed by atoms with Crippen molar-refractivity contribution in [2.45, 2.75) is 25.7 Å². The number of carbonyl (C=O) groups excluding carboxylic acids is 2. The predicted molar refractivity (Wildman–Crippen MR) is 124 cm³/mol. The molecule has 0 unspecified atom stereocenters. The Balaban J connectivity index is 1.29. The maximum atomic E-state index is 12.7. The van der Waals surface area contributed by atoms with Gasteiger partial charge in [0.1, 0.15) is 11.5 Å². The zero-order valence-corrected chi connectivity index (χ0v) is 17.5. The molecule has 4 heteroatoms. The van der Waals surface area contributed by atoms with Crippen LogP contribution in [0.2, 0.25) is 0 Å². The zero-order chi connectivity index (χ0) is 21.9. The van der Waals surface area contributed by atoms with Gasteiger partial charge in [0.2, 0.25) is 0 Å². The van der Waals surface area contributed by atoms with Crippen LogP contribution in [0.15, 0.2) is 92.2 Å². The van der Waals surface area contributed by atoms with E-state index in [1.807, 2.05) is 72.8 Å². The molecule has 4 nitrogen and oxygen atoms in total. The molecule has 3 aromatic rings. The van der Waals surface area contributed by atoms with E-state index in [-0.39, 0.29) is 11.6 Å². The van der Waals surface area contributed by atoms with Crippen molar-refractivity contribution in [1.29, 1.82) is 0 Å². The van der Waals surface area contributed by atoms with Gasteiger partial charge in [-0.2, -0.15) is 0 Å². The Morgan fingerprint density at radius 2 is 0.906 bits per heavy atom. The highest BCUT2D eigenvalue weighted by Gasteiger charge is 2.24. The van der Waals surface area contributed by atoms with Crippen molar-refractivity contribution in [3.8, 4) is 0 Å². The van der Waals surface area contributed by atoms with Crippen LogP contribution in [0.25, 0.3) is 24.3 Å². The lowest BCUT2D eigenvalue weighted by Crippen LogP contribution is -1.96. The number of rotatable bonds is 4. The highest BCUT2D eigenvalue weighted by Crippen LogP contribution is 2.31. The van der Waals surface area contributed by atoms with Gasteiger partial charge in [0.15, 0.2) is 11.6 Å². The zero-order valence-electron chi connectivity index (χ0n) is 17.5. The van der Waals surface area contributed by atoms with Crippen molar-refractivity contribution in [3.05, 3.63) is 106 Å². The first-order valence-electron chi connectivity index (χ1n) is 10.7. The summed E-state index contributed by atoms with van der Waals surface area (Å²) < 4.78 is 10.6. The number of benzene rings is 1. The molecule has 1 aromatic carbocycles. The maximum Gasteiger partial charge on any atom is 0.185 e. The first kappa shape index (κ1) is 20.0. The quantitative estimate of drug-likeness (QED) is 0.448. The molecule has 2 heterocycles. The summed E-state index contributed by atoms with van der Waals surface area (Å²) in [5, 5.41) is 0. The van der Waals surface area contributed by atoms with Crippen molar-refractivity contribution in [2.24, 2.45) is 0 Å². The van der Waals surface area contributed by atoms with Gasteiger partial charge in [0.25, 0.3) is 0 Å². The minimum absolute atomic E-state index is 0.0834. The molecule has 32 heavy (non-hydrogen) atoms. The average molecular weight is 422 g/mol. The van der Waals surface area contributed by atoms with E-state index >= 15 is 0 Å². The summed E-state index contributed by atoms with van der Waals surface area (Å²) in [6.45, 7) is 0. The lowest BCUT2D eigenvalue weighted by molar-refractivity contribution is -0.112. The lowest BCUT2D eigenvalue weighted by atomic mass is 10.0. The summed E-state index contributed by atoms with van der Waals surface area (Å²) in [6, 6.07) is 15.3. The number of hydrogen-bond acceptors (Lipinski definition) is 4. The van der Waals surface area contributed by atoms with Crippen LogP contribution in [0.1, 0.15) is 48.3 Å². The van der Waals surface area contributed by atoms with E-state index in [0.29, 0.717) is 11.5 Å². The molecule has 0 N–H and O–H groups in total. The number of furan rings is 2. The second-order valence-electron chi connectivity index (χ2n) is 8.03. The van der Waals surface area contributed by atoms with Crippen molar-refractivity contribution in [3.63, 3.8) is 0 Å². The van der Waals surface area contributed by atoms with E-state index in [0.717, 1.165) is 59.1 Å². The van der Waals surface area contributed by atoms with Gasteiger partial charge in [-0.15, -0.1) is 0 Å². The molecule has 2 aliphatic carbocycles. The molecule has 0 spiro atoms. The van der Waals surface area contributed by atoms with Crippen LogP contribution in [-0.4, -0.2) is 11.6 Å². The van der Waals surface area contributed by atoms with Crippen LogP contribution in [0.3, 0.4) is 0 Å². The van der Waals surface area contributed by atoms with Gasteiger partial charge in [-0.05, 0) is 85.4 Å².